The number of carbonyl (C=O) groups excluding carboxylic acids is 1. The van der Waals surface area contributed by atoms with E-state index in [0.29, 0.717) is 23.1 Å². The summed E-state index contributed by atoms with van der Waals surface area (Å²) in [5.74, 6) is -0.834. The maximum atomic E-state index is 13.4. The Morgan fingerprint density at radius 1 is 1.23 bits per heavy atom. The standard InChI is InChI=1S/C33H34N2O8/c1-5-17(2)32(40)42-25-15-23-29(39)28-24(38)14-21(16-36)41-31(28)27(30(23)43-33(25,3)4)22(19-9-10-35-26(34)13-19)12-18-7-6-8-20(37)11-18/h5-11,13-14,22,25,36-37,39H,12,15-16H2,1-4H3,(H2,34,35)/t22-,25+/m1/s1. The topological polar surface area (TPSA) is 165 Å². The van der Waals surface area contributed by atoms with Gasteiger partial charge in [-0.2, -0.15) is 0 Å². The number of hydrogen-bond donors (Lipinski definition) is 4. The lowest BCUT2D eigenvalue weighted by Crippen LogP contribution is -2.49. The fourth-order valence-electron chi connectivity index (χ4n) is 5.45. The molecule has 2 atom stereocenters. The quantitative estimate of drug-likeness (QED) is 0.177. The van der Waals surface area contributed by atoms with E-state index in [1.54, 1.807) is 70.3 Å². The molecule has 0 amide bonds. The van der Waals surface area contributed by atoms with Crippen LogP contribution in [0.4, 0.5) is 5.82 Å². The number of rotatable bonds is 7. The number of fused-ring (bicyclic) bond motifs is 2. The number of phenols is 2. The molecule has 0 aliphatic carbocycles. The molecule has 3 heterocycles. The SMILES string of the molecule is CC=C(C)C(=O)O[C@H]1Cc2c(c([C@H](Cc3cccc(O)c3)c3ccnc(N)c3)c3oc(CO)cc(=O)c3c2O)OC1(C)C. The molecule has 224 valence electrons. The number of carbonyl (C=O) groups is 1. The Bertz CT molecular complexity index is 1810. The van der Waals surface area contributed by atoms with Crippen molar-refractivity contribution in [2.24, 2.45) is 0 Å². The highest BCUT2D eigenvalue weighted by atomic mass is 16.6. The summed E-state index contributed by atoms with van der Waals surface area (Å²) in [5, 5.41) is 31.6. The lowest BCUT2D eigenvalue weighted by atomic mass is 9.80. The number of anilines is 1. The highest BCUT2D eigenvalue weighted by molar-refractivity contribution is 5.92. The predicted octanol–water partition coefficient (Wildman–Crippen LogP) is 4.64. The first kappa shape index (κ1) is 29.7. The Hall–Kier alpha value is -4.83. The fraction of sp³-hybridized carbons (Fsp3) is 0.303. The summed E-state index contributed by atoms with van der Waals surface area (Å²) >= 11 is 0. The molecule has 0 saturated carbocycles. The van der Waals surface area contributed by atoms with E-state index in [1.807, 2.05) is 6.07 Å². The highest BCUT2D eigenvalue weighted by Gasteiger charge is 2.44. The number of benzene rings is 2. The van der Waals surface area contributed by atoms with Crippen LogP contribution in [-0.4, -0.2) is 38.0 Å². The van der Waals surface area contributed by atoms with Crippen LogP contribution < -0.4 is 15.9 Å². The van der Waals surface area contributed by atoms with Gasteiger partial charge in [-0.1, -0.05) is 18.2 Å². The lowest BCUT2D eigenvalue weighted by Gasteiger charge is -2.41. The van der Waals surface area contributed by atoms with Crippen LogP contribution in [0.25, 0.3) is 11.0 Å². The number of nitrogen functional groups attached to an aromatic ring is 1. The maximum Gasteiger partial charge on any atom is 0.333 e. The molecule has 0 unspecified atom stereocenters. The van der Waals surface area contributed by atoms with Crippen molar-refractivity contribution in [3.63, 3.8) is 0 Å². The molecule has 5 rings (SSSR count). The third-order valence-electron chi connectivity index (χ3n) is 7.88. The van der Waals surface area contributed by atoms with Gasteiger partial charge in [0.15, 0.2) is 5.43 Å². The number of nitrogens with two attached hydrogens (primary N) is 1. The van der Waals surface area contributed by atoms with E-state index in [1.165, 1.54) is 0 Å². The highest BCUT2D eigenvalue weighted by Crippen LogP contribution is 2.50. The summed E-state index contributed by atoms with van der Waals surface area (Å²) in [5.41, 5.74) is 7.14. The van der Waals surface area contributed by atoms with Crippen LogP contribution in [-0.2, 0) is 29.0 Å². The molecule has 1 aliphatic rings. The van der Waals surface area contributed by atoms with Crippen LogP contribution in [0, 0.1) is 0 Å². The van der Waals surface area contributed by atoms with Crippen molar-refractivity contribution < 1.29 is 34.0 Å². The van der Waals surface area contributed by atoms with Gasteiger partial charge in [0.2, 0.25) is 0 Å². The van der Waals surface area contributed by atoms with Crippen molar-refractivity contribution in [3.05, 3.63) is 98.5 Å². The molecule has 1 aliphatic heterocycles. The minimum absolute atomic E-state index is 0.00662. The number of esters is 1. The maximum absolute atomic E-state index is 13.4. The number of nitrogens with zero attached hydrogens (tertiary/aromatic N) is 1. The van der Waals surface area contributed by atoms with Crippen molar-refractivity contribution in [2.75, 3.05) is 5.73 Å². The number of hydrogen-bond acceptors (Lipinski definition) is 10. The molecular weight excluding hydrogens is 552 g/mol. The first-order valence-corrected chi connectivity index (χ1v) is 13.9. The summed E-state index contributed by atoms with van der Waals surface area (Å²) in [6.45, 7) is 6.39. The molecule has 4 aromatic rings. The van der Waals surface area contributed by atoms with Crippen LogP contribution in [0.2, 0.25) is 0 Å². The molecular formula is C33H34N2O8. The minimum Gasteiger partial charge on any atom is -0.508 e. The van der Waals surface area contributed by atoms with Crippen molar-refractivity contribution in [1.82, 2.24) is 4.98 Å². The molecule has 43 heavy (non-hydrogen) atoms. The van der Waals surface area contributed by atoms with Gasteiger partial charge in [0.1, 0.15) is 58.1 Å². The molecule has 0 fully saturated rings. The molecule has 5 N–H and O–H groups in total. The second kappa shape index (κ2) is 11.4. The van der Waals surface area contributed by atoms with E-state index in [2.05, 4.69) is 4.98 Å². The smallest absolute Gasteiger partial charge is 0.333 e. The van der Waals surface area contributed by atoms with Crippen LogP contribution in [0.15, 0.2) is 69.5 Å². The van der Waals surface area contributed by atoms with Gasteiger partial charge in [-0.3, -0.25) is 4.79 Å². The summed E-state index contributed by atoms with van der Waals surface area (Å²) < 4.78 is 18.5. The van der Waals surface area contributed by atoms with E-state index in [9.17, 15) is 24.9 Å². The molecule has 10 heteroatoms. The number of aliphatic hydroxyl groups is 1. The van der Waals surface area contributed by atoms with Crippen molar-refractivity contribution in [2.45, 2.75) is 64.8 Å². The van der Waals surface area contributed by atoms with Gasteiger partial charge < -0.3 is 34.9 Å². The average molecular weight is 587 g/mol. The largest absolute Gasteiger partial charge is 0.508 e. The normalized spacial score (nSPS) is 16.8. The van der Waals surface area contributed by atoms with Gasteiger partial charge in [-0.05, 0) is 69.5 Å². The fourth-order valence-corrected chi connectivity index (χ4v) is 5.45. The Kier molecular flexibility index (Phi) is 7.90. The van der Waals surface area contributed by atoms with E-state index >= 15 is 0 Å². The van der Waals surface area contributed by atoms with Gasteiger partial charge in [0, 0.05) is 41.3 Å². The zero-order chi connectivity index (χ0) is 31.1. The zero-order valence-electron chi connectivity index (χ0n) is 24.4. The molecule has 10 nitrogen and oxygen atoms in total. The second-order valence-electron chi connectivity index (χ2n) is 11.2. The monoisotopic (exact) mass is 586 g/mol. The van der Waals surface area contributed by atoms with Crippen LogP contribution in [0.1, 0.15) is 61.6 Å². The molecule has 0 radical (unpaired) electrons. The summed E-state index contributed by atoms with van der Waals surface area (Å²) in [6, 6.07) is 11.4. The Balaban J connectivity index is 1.82. The summed E-state index contributed by atoms with van der Waals surface area (Å²) in [7, 11) is 0. The first-order chi connectivity index (χ1) is 20.4. The molecule has 0 spiro atoms. The number of ether oxygens (including phenoxy) is 2. The lowest BCUT2D eigenvalue weighted by molar-refractivity contribution is -0.156. The summed E-state index contributed by atoms with van der Waals surface area (Å²) in [6.07, 6.45) is 2.77. The van der Waals surface area contributed by atoms with E-state index in [4.69, 9.17) is 19.6 Å². The number of phenolic OH excluding ortho intramolecular Hbond substituents is 2. The molecule has 2 aromatic heterocycles. The predicted molar refractivity (Wildman–Crippen MR) is 160 cm³/mol. The van der Waals surface area contributed by atoms with Gasteiger partial charge in [-0.25, -0.2) is 9.78 Å². The Labute approximate surface area is 248 Å². The van der Waals surface area contributed by atoms with Crippen LogP contribution >= 0.6 is 0 Å². The number of allylic oxidation sites excluding steroid dienone is 1. The third-order valence-corrected chi connectivity index (χ3v) is 7.88. The summed E-state index contributed by atoms with van der Waals surface area (Å²) in [4.78, 5) is 30.3. The average Bonchev–Trinajstić information content (AvgIpc) is 2.96. The molecule has 0 saturated heterocycles. The van der Waals surface area contributed by atoms with Gasteiger partial charge in [0.05, 0.1) is 0 Å². The first-order valence-electron chi connectivity index (χ1n) is 13.9. The number of aromatic nitrogens is 1. The van der Waals surface area contributed by atoms with E-state index in [0.717, 1.165) is 11.6 Å². The van der Waals surface area contributed by atoms with Crippen molar-refractivity contribution in [1.29, 1.82) is 0 Å². The molecule has 2 aromatic carbocycles. The molecule has 0 bridgehead atoms. The van der Waals surface area contributed by atoms with Gasteiger partial charge in [0.25, 0.3) is 0 Å². The van der Waals surface area contributed by atoms with Crippen molar-refractivity contribution >= 4 is 22.8 Å². The van der Waals surface area contributed by atoms with Crippen LogP contribution in [0.5, 0.6) is 17.2 Å². The second-order valence-corrected chi connectivity index (χ2v) is 11.2. The van der Waals surface area contributed by atoms with E-state index in [-0.39, 0.29) is 51.8 Å². The van der Waals surface area contributed by atoms with Crippen molar-refractivity contribution in [3.8, 4) is 17.2 Å². The number of aromatic hydroxyl groups is 2. The van der Waals surface area contributed by atoms with Gasteiger partial charge >= 0.3 is 5.97 Å². The van der Waals surface area contributed by atoms with E-state index < -0.39 is 35.6 Å². The number of aliphatic hydroxyl groups excluding tert-OH is 1. The minimum atomic E-state index is -1.06. The zero-order valence-corrected chi connectivity index (χ0v) is 24.4. The third kappa shape index (κ3) is 5.65. The number of pyridine rings is 1. The van der Waals surface area contributed by atoms with Gasteiger partial charge in [-0.15, -0.1) is 0 Å². The Morgan fingerprint density at radius 3 is 2.67 bits per heavy atom. The van der Waals surface area contributed by atoms with Crippen LogP contribution in [0.3, 0.4) is 0 Å². The Morgan fingerprint density at radius 2 is 2.00 bits per heavy atom.